The van der Waals surface area contributed by atoms with E-state index in [0.29, 0.717) is 17.7 Å². The van der Waals surface area contributed by atoms with Crippen LogP contribution in [-0.4, -0.2) is 0 Å². The Morgan fingerprint density at radius 1 is 1.50 bits per heavy atom. The second kappa shape index (κ2) is 2.88. The number of hydrogen-bond donors (Lipinski definition) is 0. The van der Waals surface area contributed by atoms with Crippen molar-refractivity contribution < 1.29 is 13.2 Å². The van der Waals surface area contributed by atoms with Crippen molar-refractivity contribution in [3.8, 4) is 0 Å². The largest absolute Gasteiger partial charge is 0.460 e. The molecule has 0 radical (unpaired) electrons. The Labute approximate surface area is 70.4 Å². The third-order valence-corrected chi connectivity index (χ3v) is 1.71. The molecule has 1 aromatic rings. The van der Waals surface area contributed by atoms with Crippen LogP contribution in [0.15, 0.2) is 10.5 Å². The average Bonchev–Trinajstić information content (AvgIpc) is 2.29. The molecule has 0 amide bonds. The maximum Gasteiger partial charge on any atom is 0.302 e. The summed E-state index contributed by atoms with van der Waals surface area (Å²) in [7, 11) is 0. The van der Waals surface area contributed by atoms with Gasteiger partial charge in [-0.2, -0.15) is 8.78 Å². The molecule has 1 aromatic heterocycles. The van der Waals surface area contributed by atoms with Gasteiger partial charge in [0.25, 0.3) is 0 Å². The van der Waals surface area contributed by atoms with Crippen molar-refractivity contribution >= 4 is 0 Å². The summed E-state index contributed by atoms with van der Waals surface area (Å²) in [5.74, 6) is -2.51. The van der Waals surface area contributed by atoms with Crippen molar-refractivity contribution in [2.24, 2.45) is 0 Å². The van der Waals surface area contributed by atoms with E-state index in [1.807, 2.05) is 6.92 Å². The van der Waals surface area contributed by atoms with Crippen LogP contribution >= 0.6 is 0 Å². The third kappa shape index (κ3) is 1.65. The second-order valence-electron chi connectivity index (χ2n) is 2.95. The molecule has 0 saturated carbocycles. The molecule has 0 aliphatic heterocycles. The summed E-state index contributed by atoms with van der Waals surface area (Å²) in [5, 5.41) is 0. The van der Waals surface area contributed by atoms with E-state index in [1.165, 1.54) is 0 Å². The van der Waals surface area contributed by atoms with Gasteiger partial charge >= 0.3 is 5.92 Å². The highest BCUT2D eigenvalue weighted by atomic mass is 19.3. The highest BCUT2D eigenvalue weighted by Gasteiger charge is 2.31. The van der Waals surface area contributed by atoms with Crippen LogP contribution in [0, 0.1) is 6.92 Å². The minimum Gasteiger partial charge on any atom is -0.460 e. The zero-order chi connectivity index (χ0) is 9.35. The van der Waals surface area contributed by atoms with Crippen molar-refractivity contribution in [2.45, 2.75) is 33.1 Å². The lowest BCUT2D eigenvalue weighted by atomic mass is 10.1. The fourth-order valence-corrected chi connectivity index (χ4v) is 1.20. The number of aryl methyl sites for hydroxylation is 2. The van der Waals surface area contributed by atoms with E-state index in [4.69, 9.17) is 4.42 Å². The number of hydrogen-bond acceptors (Lipinski definition) is 1. The molecule has 0 saturated heterocycles. The molecule has 0 N–H and O–H groups in total. The Hall–Kier alpha value is -0.860. The molecular weight excluding hydrogens is 162 g/mol. The van der Waals surface area contributed by atoms with Crippen LogP contribution in [0.5, 0.6) is 0 Å². The summed E-state index contributed by atoms with van der Waals surface area (Å²) in [6.07, 6.45) is 0.579. The van der Waals surface area contributed by atoms with Crippen LogP contribution in [0.25, 0.3) is 0 Å². The Balaban J connectivity index is 3.13. The normalized spacial score (nSPS) is 12.1. The van der Waals surface area contributed by atoms with Crippen molar-refractivity contribution in [3.63, 3.8) is 0 Å². The van der Waals surface area contributed by atoms with Crippen LogP contribution < -0.4 is 0 Å². The fourth-order valence-electron chi connectivity index (χ4n) is 1.20. The molecule has 0 spiro atoms. The summed E-state index contributed by atoms with van der Waals surface area (Å²) in [6.45, 7) is 4.36. The third-order valence-electron chi connectivity index (χ3n) is 1.71. The Morgan fingerprint density at radius 2 is 2.08 bits per heavy atom. The quantitative estimate of drug-likeness (QED) is 0.670. The smallest absolute Gasteiger partial charge is 0.302 e. The molecule has 12 heavy (non-hydrogen) atoms. The summed E-state index contributed by atoms with van der Waals surface area (Å²) >= 11 is 0. The molecular formula is C9H12F2O. The van der Waals surface area contributed by atoms with Crippen molar-refractivity contribution in [1.82, 2.24) is 0 Å². The molecule has 68 valence electrons. The lowest BCUT2D eigenvalue weighted by Gasteiger charge is -2.07. The predicted octanol–water partition coefficient (Wildman–Crippen LogP) is 3.26. The number of halogens is 2. The topological polar surface area (TPSA) is 13.1 Å². The van der Waals surface area contributed by atoms with Crippen molar-refractivity contribution in [1.29, 1.82) is 0 Å². The molecule has 0 aromatic carbocycles. The standard InChI is InChI=1S/C9H12F2O/c1-4-7-5-6(2)12-8(7)9(3,10)11/h5H,4H2,1-3H3. The molecule has 1 nitrogen and oxygen atoms in total. The molecule has 0 aliphatic rings. The van der Waals surface area contributed by atoms with E-state index in [1.54, 1.807) is 13.0 Å². The number of rotatable bonds is 2. The summed E-state index contributed by atoms with van der Waals surface area (Å²) in [6, 6.07) is 1.66. The molecule has 1 heterocycles. The van der Waals surface area contributed by atoms with Gasteiger partial charge in [0.2, 0.25) is 0 Å². The summed E-state index contributed by atoms with van der Waals surface area (Å²) in [5.41, 5.74) is 0.597. The van der Waals surface area contributed by atoms with E-state index in [-0.39, 0.29) is 5.76 Å². The van der Waals surface area contributed by atoms with Gasteiger partial charge in [-0.3, -0.25) is 0 Å². The van der Waals surface area contributed by atoms with E-state index in [2.05, 4.69) is 0 Å². The summed E-state index contributed by atoms with van der Waals surface area (Å²) < 4.78 is 30.6. The molecule has 0 bridgehead atoms. The van der Waals surface area contributed by atoms with Crippen LogP contribution in [0.1, 0.15) is 30.9 Å². The minimum absolute atomic E-state index is 0.192. The Kier molecular flexibility index (Phi) is 2.22. The highest BCUT2D eigenvalue weighted by Crippen LogP contribution is 2.32. The van der Waals surface area contributed by atoms with E-state index in [9.17, 15) is 8.78 Å². The van der Waals surface area contributed by atoms with Gasteiger partial charge in [0.15, 0.2) is 5.76 Å². The SMILES string of the molecule is CCc1cc(C)oc1C(C)(F)F. The van der Waals surface area contributed by atoms with Gasteiger partial charge < -0.3 is 4.42 Å². The van der Waals surface area contributed by atoms with Crippen LogP contribution in [0.4, 0.5) is 8.78 Å². The van der Waals surface area contributed by atoms with Gasteiger partial charge in [-0.1, -0.05) is 6.92 Å². The van der Waals surface area contributed by atoms with Crippen LogP contribution in [0.3, 0.4) is 0 Å². The van der Waals surface area contributed by atoms with Gasteiger partial charge in [0.1, 0.15) is 5.76 Å². The first-order valence-electron chi connectivity index (χ1n) is 3.92. The van der Waals surface area contributed by atoms with Gasteiger partial charge in [-0.25, -0.2) is 0 Å². The number of furan rings is 1. The minimum atomic E-state index is -2.86. The fraction of sp³-hybridized carbons (Fsp3) is 0.556. The lowest BCUT2D eigenvalue weighted by Crippen LogP contribution is -2.07. The lowest BCUT2D eigenvalue weighted by molar-refractivity contribution is -0.00699. The number of alkyl halides is 2. The Morgan fingerprint density at radius 3 is 2.42 bits per heavy atom. The molecule has 3 heteroatoms. The van der Waals surface area contributed by atoms with Crippen LogP contribution in [-0.2, 0) is 12.3 Å². The van der Waals surface area contributed by atoms with E-state index < -0.39 is 5.92 Å². The first kappa shape index (κ1) is 9.23. The highest BCUT2D eigenvalue weighted by molar-refractivity contribution is 5.24. The molecule has 0 fully saturated rings. The molecule has 0 unspecified atom stereocenters. The Bertz CT molecular complexity index is 271. The van der Waals surface area contributed by atoms with Crippen molar-refractivity contribution in [2.75, 3.05) is 0 Å². The van der Waals surface area contributed by atoms with E-state index >= 15 is 0 Å². The van der Waals surface area contributed by atoms with Gasteiger partial charge in [0, 0.05) is 6.92 Å². The zero-order valence-corrected chi connectivity index (χ0v) is 7.45. The van der Waals surface area contributed by atoms with Crippen molar-refractivity contribution in [3.05, 3.63) is 23.2 Å². The first-order valence-corrected chi connectivity index (χ1v) is 3.92. The average molecular weight is 174 g/mol. The monoisotopic (exact) mass is 174 g/mol. The first-order chi connectivity index (χ1) is 5.45. The predicted molar refractivity (Wildman–Crippen MR) is 42.4 cm³/mol. The zero-order valence-electron chi connectivity index (χ0n) is 7.45. The second-order valence-corrected chi connectivity index (χ2v) is 2.95. The van der Waals surface area contributed by atoms with Gasteiger partial charge in [-0.15, -0.1) is 0 Å². The van der Waals surface area contributed by atoms with Gasteiger partial charge in [-0.05, 0) is 25.0 Å². The maximum atomic E-state index is 12.8. The molecule has 0 atom stereocenters. The molecule has 0 aliphatic carbocycles. The van der Waals surface area contributed by atoms with Crippen LogP contribution in [0.2, 0.25) is 0 Å². The summed E-state index contributed by atoms with van der Waals surface area (Å²) in [4.78, 5) is 0. The maximum absolute atomic E-state index is 12.8. The van der Waals surface area contributed by atoms with Gasteiger partial charge in [0.05, 0.1) is 0 Å². The van der Waals surface area contributed by atoms with E-state index in [0.717, 1.165) is 6.92 Å². The molecule has 1 rings (SSSR count).